The van der Waals surface area contributed by atoms with Crippen LogP contribution in [-0.2, 0) is 11.3 Å². The second-order valence-electron chi connectivity index (χ2n) is 7.32. The van der Waals surface area contributed by atoms with Crippen LogP contribution >= 0.6 is 0 Å². The van der Waals surface area contributed by atoms with Crippen molar-refractivity contribution < 1.29 is 18.9 Å². The van der Waals surface area contributed by atoms with Crippen LogP contribution in [0.1, 0.15) is 24.8 Å². The number of unbranched alkanes of at least 4 members (excludes halogenated alkanes) is 2. The molecule has 8 heteroatoms. The molecule has 0 aliphatic carbocycles. The summed E-state index contributed by atoms with van der Waals surface area (Å²) in [4.78, 5) is 9.23. The number of piperazine rings is 1. The van der Waals surface area contributed by atoms with Crippen molar-refractivity contribution in [3.05, 3.63) is 17.7 Å². The van der Waals surface area contributed by atoms with Gasteiger partial charge in [-0.15, -0.1) is 0 Å². The van der Waals surface area contributed by atoms with E-state index in [1.54, 1.807) is 28.4 Å². The summed E-state index contributed by atoms with van der Waals surface area (Å²) in [6, 6.07) is 4.05. The fourth-order valence-electron chi connectivity index (χ4n) is 3.68. The lowest BCUT2D eigenvalue weighted by atomic mass is 10.1. The van der Waals surface area contributed by atoms with Gasteiger partial charge in [0.2, 0.25) is 5.75 Å². The molecule has 1 aliphatic rings. The van der Waals surface area contributed by atoms with Crippen molar-refractivity contribution in [1.82, 2.24) is 15.1 Å². The summed E-state index contributed by atoms with van der Waals surface area (Å²) >= 11 is 0. The van der Waals surface area contributed by atoms with E-state index in [-0.39, 0.29) is 0 Å². The summed E-state index contributed by atoms with van der Waals surface area (Å²) in [5, 5.41) is 3.49. The number of nitrogens with zero attached hydrogens (tertiary/aromatic N) is 3. The summed E-state index contributed by atoms with van der Waals surface area (Å²) in [5.41, 5.74) is 1.15. The number of aliphatic imine (C=N–C) groups is 1. The Kier molecular flexibility index (Phi) is 10.6. The minimum Gasteiger partial charge on any atom is -0.493 e. The van der Waals surface area contributed by atoms with Gasteiger partial charge in [0, 0.05) is 60.0 Å². The van der Waals surface area contributed by atoms with Crippen molar-refractivity contribution in [2.45, 2.75) is 25.8 Å². The minimum atomic E-state index is 0.630. The second-order valence-corrected chi connectivity index (χ2v) is 7.32. The van der Waals surface area contributed by atoms with Gasteiger partial charge >= 0.3 is 0 Å². The summed E-state index contributed by atoms with van der Waals surface area (Å²) in [5.74, 6) is 3.01. The summed E-state index contributed by atoms with van der Waals surface area (Å²) < 4.78 is 21.5. The third-order valence-corrected chi connectivity index (χ3v) is 5.32. The van der Waals surface area contributed by atoms with E-state index in [1.807, 2.05) is 19.2 Å². The maximum Gasteiger partial charge on any atom is 0.203 e. The second kappa shape index (κ2) is 13.2. The van der Waals surface area contributed by atoms with Crippen molar-refractivity contribution in [1.29, 1.82) is 0 Å². The Hall–Kier alpha value is -2.19. The van der Waals surface area contributed by atoms with E-state index in [2.05, 4.69) is 20.1 Å². The van der Waals surface area contributed by atoms with Crippen molar-refractivity contribution in [3.8, 4) is 17.2 Å². The molecule has 170 valence electrons. The molecule has 1 heterocycles. The summed E-state index contributed by atoms with van der Waals surface area (Å²) in [6.07, 6.45) is 3.40. The maximum absolute atomic E-state index is 5.48. The zero-order valence-electron chi connectivity index (χ0n) is 19.2. The van der Waals surface area contributed by atoms with E-state index >= 15 is 0 Å². The molecule has 0 aromatic heterocycles. The predicted octanol–water partition coefficient (Wildman–Crippen LogP) is 2.22. The van der Waals surface area contributed by atoms with E-state index in [4.69, 9.17) is 18.9 Å². The van der Waals surface area contributed by atoms with Gasteiger partial charge in [-0.2, -0.15) is 0 Å². The molecule has 0 spiro atoms. The molecule has 1 aliphatic heterocycles. The topological polar surface area (TPSA) is 67.8 Å². The third-order valence-electron chi connectivity index (χ3n) is 5.32. The van der Waals surface area contributed by atoms with Crippen LogP contribution < -0.4 is 19.5 Å². The standard InChI is InChI=1S/C22H38N4O4/c1-23-22(24-9-7-6-8-14-27-2)26-12-10-25(11-13-26)17-18-15-19(28-3)21(30-5)20(16-18)29-4/h15-16H,6-14,17H2,1-5H3,(H,23,24). The smallest absolute Gasteiger partial charge is 0.203 e. The van der Waals surface area contributed by atoms with Gasteiger partial charge in [-0.05, 0) is 37.0 Å². The average molecular weight is 423 g/mol. The van der Waals surface area contributed by atoms with Gasteiger partial charge in [-0.1, -0.05) is 0 Å². The van der Waals surface area contributed by atoms with Crippen LogP contribution in [0.2, 0.25) is 0 Å². The highest BCUT2D eigenvalue weighted by Gasteiger charge is 2.21. The van der Waals surface area contributed by atoms with Gasteiger partial charge in [0.1, 0.15) is 0 Å². The Labute approximate surface area is 181 Å². The molecular formula is C22H38N4O4. The molecule has 0 amide bonds. The monoisotopic (exact) mass is 422 g/mol. The Bertz CT molecular complexity index is 636. The predicted molar refractivity (Wildman–Crippen MR) is 120 cm³/mol. The van der Waals surface area contributed by atoms with Crippen LogP contribution in [0.5, 0.6) is 17.2 Å². The van der Waals surface area contributed by atoms with E-state index in [0.29, 0.717) is 17.2 Å². The highest BCUT2D eigenvalue weighted by Crippen LogP contribution is 2.38. The highest BCUT2D eigenvalue weighted by atomic mass is 16.5. The molecule has 1 saturated heterocycles. The number of hydrogen-bond acceptors (Lipinski definition) is 6. The highest BCUT2D eigenvalue weighted by molar-refractivity contribution is 5.79. The first-order valence-electron chi connectivity index (χ1n) is 10.6. The fourth-order valence-corrected chi connectivity index (χ4v) is 3.68. The molecular weight excluding hydrogens is 384 g/mol. The molecule has 0 bridgehead atoms. The van der Waals surface area contributed by atoms with Crippen molar-refractivity contribution in [2.24, 2.45) is 4.99 Å². The van der Waals surface area contributed by atoms with Gasteiger partial charge in [0.25, 0.3) is 0 Å². The minimum absolute atomic E-state index is 0.630. The number of ether oxygens (including phenoxy) is 4. The quantitative estimate of drug-likeness (QED) is 0.333. The number of hydrogen-bond donors (Lipinski definition) is 1. The number of nitrogens with one attached hydrogen (secondary N) is 1. The molecule has 1 aromatic rings. The van der Waals surface area contributed by atoms with Gasteiger partial charge in [-0.25, -0.2) is 0 Å². The lowest BCUT2D eigenvalue weighted by Gasteiger charge is -2.36. The van der Waals surface area contributed by atoms with Gasteiger partial charge in [0.05, 0.1) is 21.3 Å². The Morgan fingerprint density at radius 3 is 2.13 bits per heavy atom. The third kappa shape index (κ3) is 6.95. The molecule has 0 saturated carbocycles. The molecule has 1 aromatic carbocycles. The normalized spacial score (nSPS) is 15.2. The maximum atomic E-state index is 5.48. The molecule has 8 nitrogen and oxygen atoms in total. The Morgan fingerprint density at radius 2 is 1.60 bits per heavy atom. The number of guanidine groups is 1. The van der Waals surface area contributed by atoms with Crippen LogP contribution in [0.15, 0.2) is 17.1 Å². The Morgan fingerprint density at radius 1 is 0.933 bits per heavy atom. The number of rotatable bonds is 11. The Balaban J connectivity index is 1.84. The van der Waals surface area contributed by atoms with Gasteiger partial charge < -0.3 is 29.2 Å². The first kappa shape index (κ1) is 24.1. The molecule has 0 radical (unpaired) electrons. The molecule has 1 fully saturated rings. The first-order valence-corrected chi connectivity index (χ1v) is 10.6. The van der Waals surface area contributed by atoms with Crippen molar-refractivity contribution >= 4 is 5.96 Å². The van der Waals surface area contributed by atoms with Crippen LogP contribution in [0.3, 0.4) is 0 Å². The molecule has 30 heavy (non-hydrogen) atoms. The number of benzene rings is 1. The molecule has 0 unspecified atom stereocenters. The van der Waals surface area contributed by atoms with Gasteiger partial charge in [0.15, 0.2) is 17.5 Å². The summed E-state index contributed by atoms with van der Waals surface area (Å²) in [7, 11) is 8.53. The lowest BCUT2D eigenvalue weighted by Crippen LogP contribution is -2.52. The van der Waals surface area contributed by atoms with E-state index < -0.39 is 0 Å². The number of methoxy groups -OCH3 is 4. The van der Waals surface area contributed by atoms with E-state index in [0.717, 1.165) is 70.2 Å². The van der Waals surface area contributed by atoms with Crippen LogP contribution in [0, 0.1) is 0 Å². The summed E-state index contributed by atoms with van der Waals surface area (Å²) in [6.45, 7) is 6.48. The zero-order valence-corrected chi connectivity index (χ0v) is 19.2. The van der Waals surface area contributed by atoms with E-state index in [1.165, 1.54) is 6.42 Å². The van der Waals surface area contributed by atoms with Crippen LogP contribution in [0.4, 0.5) is 0 Å². The largest absolute Gasteiger partial charge is 0.493 e. The lowest BCUT2D eigenvalue weighted by molar-refractivity contribution is 0.172. The van der Waals surface area contributed by atoms with Gasteiger partial charge in [-0.3, -0.25) is 9.89 Å². The van der Waals surface area contributed by atoms with Crippen LogP contribution in [-0.4, -0.2) is 90.6 Å². The van der Waals surface area contributed by atoms with Crippen molar-refractivity contribution in [3.63, 3.8) is 0 Å². The SMILES string of the molecule is CN=C(NCCCCCOC)N1CCN(Cc2cc(OC)c(OC)c(OC)c2)CC1. The first-order chi connectivity index (χ1) is 14.7. The fraction of sp³-hybridized carbons (Fsp3) is 0.682. The van der Waals surface area contributed by atoms with Crippen molar-refractivity contribution in [2.75, 3.05) is 74.8 Å². The average Bonchev–Trinajstić information content (AvgIpc) is 2.78. The molecule has 0 atom stereocenters. The van der Waals surface area contributed by atoms with Crippen LogP contribution in [0.25, 0.3) is 0 Å². The molecule has 2 rings (SSSR count). The van der Waals surface area contributed by atoms with E-state index in [9.17, 15) is 0 Å². The zero-order chi connectivity index (χ0) is 21.8. The molecule has 1 N–H and O–H groups in total.